The van der Waals surface area contributed by atoms with Gasteiger partial charge in [0.15, 0.2) is 5.65 Å². The second-order valence-corrected chi connectivity index (χ2v) is 5.46. The van der Waals surface area contributed by atoms with Gasteiger partial charge in [-0.15, -0.1) is 16.9 Å². The predicted octanol–water partition coefficient (Wildman–Crippen LogP) is 1.87. The smallest absolute Gasteiger partial charge is 0.350 e. The molecule has 0 spiro atoms. The third-order valence-electron chi connectivity index (χ3n) is 2.97. The van der Waals surface area contributed by atoms with Crippen LogP contribution in [0.2, 0.25) is 0 Å². The van der Waals surface area contributed by atoms with Crippen LogP contribution in [0.4, 0.5) is 5.69 Å². The third kappa shape index (κ3) is 2.42. The summed E-state index contributed by atoms with van der Waals surface area (Å²) in [5.74, 6) is 0.748. The minimum Gasteiger partial charge on any atom is -0.398 e. The first kappa shape index (κ1) is 12.8. The third-order valence-corrected chi connectivity index (χ3v) is 4.04. The number of hydrogen-bond donors (Lipinski definition) is 1. The van der Waals surface area contributed by atoms with Crippen molar-refractivity contribution in [2.75, 3.05) is 11.5 Å². The topological polar surface area (TPSA) is 65.3 Å². The fraction of sp³-hybridized carbons (Fsp3) is 0.143. The number of benzene rings is 1. The van der Waals surface area contributed by atoms with E-state index in [2.05, 4.69) is 5.10 Å². The van der Waals surface area contributed by atoms with Crippen molar-refractivity contribution in [2.24, 2.45) is 0 Å². The molecule has 0 amide bonds. The minimum atomic E-state index is -0.109. The van der Waals surface area contributed by atoms with E-state index in [-0.39, 0.29) is 5.69 Å². The molecule has 2 heterocycles. The summed E-state index contributed by atoms with van der Waals surface area (Å²) < 4.78 is 3.03. The fourth-order valence-corrected chi connectivity index (χ4v) is 2.86. The molecule has 6 heteroatoms. The van der Waals surface area contributed by atoms with Crippen molar-refractivity contribution in [1.82, 2.24) is 14.2 Å². The predicted molar refractivity (Wildman–Crippen MR) is 81.0 cm³/mol. The lowest BCUT2D eigenvalue weighted by molar-refractivity contribution is 0.640. The SMILES string of the molecule is Nc1ccccc1SCCn1nc2ccccn2c1=O. The van der Waals surface area contributed by atoms with Gasteiger partial charge in [-0.3, -0.25) is 4.40 Å². The van der Waals surface area contributed by atoms with E-state index in [1.165, 1.54) is 4.68 Å². The highest BCUT2D eigenvalue weighted by Gasteiger charge is 2.06. The number of nitrogen functional groups attached to an aromatic ring is 1. The zero-order valence-corrected chi connectivity index (χ0v) is 11.6. The summed E-state index contributed by atoms with van der Waals surface area (Å²) >= 11 is 1.63. The van der Waals surface area contributed by atoms with Crippen molar-refractivity contribution in [3.63, 3.8) is 0 Å². The van der Waals surface area contributed by atoms with E-state index in [4.69, 9.17) is 5.73 Å². The Morgan fingerprint density at radius 3 is 2.75 bits per heavy atom. The van der Waals surface area contributed by atoms with Crippen LogP contribution < -0.4 is 11.4 Å². The molecule has 2 N–H and O–H groups in total. The molecule has 102 valence electrons. The number of fused-ring (bicyclic) bond motifs is 1. The van der Waals surface area contributed by atoms with E-state index in [1.54, 1.807) is 22.4 Å². The largest absolute Gasteiger partial charge is 0.398 e. The van der Waals surface area contributed by atoms with Gasteiger partial charge in [0.2, 0.25) is 0 Å². The van der Waals surface area contributed by atoms with E-state index < -0.39 is 0 Å². The zero-order valence-electron chi connectivity index (χ0n) is 10.8. The van der Waals surface area contributed by atoms with E-state index in [1.807, 2.05) is 42.5 Å². The Bertz CT molecular complexity index is 793. The second kappa shape index (κ2) is 5.42. The highest BCUT2D eigenvalue weighted by molar-refractivity contribution is 7.99. The number of pyridine rings is 1. The number of nitrogens with two attached hydrogens (primary N) is 1. The summed E-state index contributed by atoms with van der Waals surface area (Å²) in [6.07, 6.45) is 1.73. The lowest BCUT2D eigenvalue weighted by Crippen LogP contribution is -2.21. The van der Waals surface area contributed by atoms with Gasteiger partial charge in [0.25, 0.3) is 0 Å². The summed E-state index contributed by atoms with van der Waals surface area (Å²) in [5.41, 5.74) is 7.21. The molecule has 0 unspecified atom stereocenters. The van der Waals surface area contributed by atoms with Gasteiger partial charge in [0.05, 0.1) is 6.54 Å². The van der Waals surface area contributed by atoms with Gasteiger partial charge >= 0.3 is 5.69 Å². The number of anilines is 1. The van der Waals surface area contributed by atoms with Crippen molar-refractivity contribution < 1.29 is 0 Å². The van der Waals surface area contributed by atoms with Crippen molar-refractivity contribution in [3.8, 4) is 0 Å². The monoisotopic (exact) mass is 286 g/mol. The first-order valence-electron chi connectivity index (χ1n) is 6.27. The van der Waals surface area contributed by atoms with Crippen LogP contribution in [0.1, 0.15) is 0 Å². The number of thioether (sulfide) groups is 1. The lowest BCUT2D eigenvalue weighted by Gasteiger charge is -2.04. The fourth-order valence-electron chi connectivity index (χ4n) is 1.97. The van der Waals surface area contributed by atoms with Gasteiger partial charge in [-0.05, 0) is 24.3 Å². The molecule has 1 aromatic carbocycles. The zero-order chi connectivity index (χ0) is 13.9. The summed E-state index contributed by atoms with van der Waals surface area (Å²) in [6.45, 7) is 0.555. The van der Waals surface area contributed by atoms with Crippen LogP contribution in [0, 0.1) is 0 Å². The normalized spacial score (nSPS) is 11.0. The summed E-state index contributed by atoms with van der Waals surface area (Å²) in [6, 6.07) is 13.2. The van der Waals surface area contributed by atoms with E-state index in [0.29, 0.717) is 12.2 Å². The quantitative estimate of drug-likeness (QED) is 0.587. The number of para-hydroxylation sites is 1. The molecule has 0 saturated carbocycles. The molecule has 0 radical (unpaired) electrons. The van der Waals surface area contributed by atoms with Crippen molar-refractivity contribution >= 4 is 23.1 Å². The molecular formula is C14H14N4OS. The number of nitrogens with zero attached hydrogens (tertiary/aromatic N) is 3. The van der Waals surface area contributed by atoms with Crippen molar-refractivity contribution in [1.29, 1.82) is 0 Å². The standard InChI is InChI=1S/C14H14N4OS/c15-11-5-1-2-6-12(11)20-10-9-18-14(19)17-8-4-3-7-13(17)16-18/h1-8H,9-10,15H2. The van der Waals surface area contributed by atoms with Crippen LogP contribution in [0.5, 0.6) is 0 Å². The summed E-state index contributed by atoms with van der Waals surface area (Å²) in [5, 5.41) is 4.29. The molecular weight excluding hydrogens is 272 g/mol. The van der Waals surface area contributed by atoms with Gasteiger partial charge in [-0.2, -0.15) is 0 Å². The lowest BCUT2D eigenvalue weighted by atomic mass is 10.3. The molecule has 0 aliphatic carbocycles. The first-order chi connectivity index (χ1) is 9.75. The van der Waals surface area contributed by atoms with Crippen molar-refractivity contribution in [3.05, 3.63) is 59.1 Å². The maximum atomic E-state index is 12.1. The average molecular weight is 286 g/mol. The molecule has 0 fully saturated rings. The van der Waals surface area contributed by atoms with E-state index in [9.17, 15) is 4.79 Å². The minimum absolute atomic E-state index is 0.109. The summed E-state index contributed by atoms with van der Waals surface area (Å²) in [7, 11) is 0. The molecule has 0 saturated heterocycles. The second-order valence-electron chi connectivity index (χ2n) is 4.32. The number of aromatic nitrogens is 3. The molecule has 0 bridgehead atoms. The van der Waals surface area contributed by atoms with Gasteiger partial charge in [0, 0.05) is 22.5 Å². The number of aryl methyl sites for hydroxylation is 1. The highest BCUT2D eigenvalue weighted by atomic mass is 32.2. The first-order valence-corrected chi connectivity index (χ1v) is 7.26. The molecule has 20 heavy (non-hydrogen) atoms. The van der Waals surface area contributed by atoms with Crippen LogP contribution in [0.15, 0.2) is 58.4 Å². The molecule has 0 aliphatic rings. The van der Waals surface area contributed by atoms with Gasteiger partial charge < -0.3 is 5.73 Å². The van der Waals surface area contributed by atoms with Crippen LogP contribution in [0.25, 0.3) is 5.65 Å². The van der Waals surface area contributed by atoms with Crippen LogP contribution in [-0.4, -0.2) is 19.9 Å². The van der Waals surface area contributed by atoms with E-state index >= 15 is 0 Å². The van der Waals surface area contributed by atoms with Crippen LogP contribution in [0.3, 0.4) is 0 Å². The Labute approximate surface area is 120 Å². The van der Waals surface area contributed by atoms with Gasteiger partial charge in [-0.1, -0.05) is 18.2 Å². The van der Waals surface area contributed by atoms with Gasteiger partial charge in [0.1, 0.15) is 0 Å². The Morgan fingerprint density at radius 2 is 1.95 bits per heavy atom. The molecule has 0 aliphatic heterocycles. The number of rotatable bonds is 4. The van der Waals surface area contributed by atoms with E-state index in [0.717, 1.165) is 16.3 Å². The molecule has 3 rings (SSSR count). The molecule has 3 aromatic rings. The Hall–Kier alpha value is -2.21. The van der Waals surface area contributed by atoms with Crippen molar-refractivity contribution in [2.45, 2.75) is 11.4 Å². The van der Waals surface area contributed by atoms with Crippen LogP contribution >= 0.6 is 11.8 Å². The Balaban J connectivity index is 1.73. The van der Waals surface area contributed by atoms with Gasteiger partial charge in [-0.25, -0.2) is 9.48 Å². The summed E-state index contributed by atoms with van der Waals surface area (Å²) in [4.78, 5) is 13.1. The Morgan fingerprint density at radius 1 is 1.15 bits per heavy atom. The number of hydrogen-bond acceptors (Lipinski definition) is 4. The average Bonchev–Trinajstić information content (AvgIpc) is 2.78. The maximum Gasteiger partial charge on any atom is 0.350 e. The maximum absolute atomic E-state index is 12.1. The molecule has 5 nitrogen and oxygen atoms in total. The Kier molecular flexibility index (Phi) is 3.47. The molecule has 2 aromatic heterocycles. The highest BCUT2D eigenvalue weighted by Crippen LogP contribution is 2.24. The molecule has 0 atom stereocenters. The van der Waals surface area contributed by atoms with Crippen LogP contribution in [-0.2, 0) is 6.54 Å².